The summed E-state index contributed by atoms with van der Waals surface area (Å²) in [7, 11) is 0. The lowest BCUT2D eigenvalue weighted by Crippen LogP contribution is -2.54. The van der Waals surface area contributed by atoms with Crippen LogP contribution >= 0.6 is 0 Å². The molecule has 0 spiro atoms. The van der Waals surface area contributed by atoms with Crippen molar-refractivity contribution in [1.29, 1.82) is 0 Å². The number of likely N-dealkylation sites (tertiary alicyclic amines) is 1. The van der Waals surface area contributed by atoms with E-state index in [1.54, 1.807) is 0 Å². The lowest BCUT2D eigenvalue weighted by Gasteiger charge is -2.25. The third-order valence-corrected chi connectivity index (χ3v) is 8.10. The first-order valence-corrected chi connectivity index (χ1v) is 16.6. The van der Waals surface area contributed by atoms with Crippen molar-refractivity contribution in [2.24, 2.45) is 29.4 Å². The van der Waals surface area contributed by atoms with Crippen LogP contribution < -0.4 is 27.0 Å². The molecule has 1 aliphatic rings. The molecule has 12 nitrogen and oxygen atoms in total. The van der Waals surface area contributed by atoms with Crippen LogP contribution in [0.25, 0.3) is 0 Å². The minimum Gasteiger partial charge on any atom is -0.352 e. The summed E-state index contributed by atoms with van der Waals surface area (Å²) in [6.45, 7) is 12.4. The molecule has 1 aliphatic heterocycles. The molecule has 12 heteroatoms. The molecular formula is C34H54N6O6. The van der Waals surface area contributed by atoms with E-state index in [-0.39, 0.29) is 61.3 Å². The van der Waals surface area contributed by atoms with E-state index < -0.39 is 29.9 Å². The Kier molecular flexibility index (Phi) is 15.7. The Bertz CT molecular complexity index is 1200. The number of nitrogens with one attached hydrogen (secondary N) is 4. The summed E-state index contributed by atoms with van der Waals surface area (Å²) in [6.07, 6.45) is 3.78. The molecule has 0 aliphatic carbocycles. The number of hydrogen-bond donors (Lipinski definition) is 5. The van der Waals surface area contributed by atoms with Crippen molar-refractivity contribution in [3.05, 3.63) is 29.8 Å². The topological polar surface area (TPSA) is 180 Å². The van der Waals surface area contributed by atoms with Gasteiger partial charge in [-0.1, -0.05) is 60.1 Å². The molecule has 0 radical (unpaired) electrons. The average molecular weight is 643 g/mol. The van der Waals surface area contributed by atoms with Gasteiger partial charge in [0, 0.05) is 37.5 Å². The molecule has 3 atom stereocenters. The number of amides is 7. The number of rotatable bonds is 19. The van der Waals surface area contributed by atoms with E-state index in [4.69, 9.17) is 5.73 Å². The van der Waals surface area contributed by atoms with E-state index in [1.807, 2.05) is 52.0 Å². The van der Waals surface area contributed by atoms with Crippen molar-refractivity contribution in [2.75, 3.05) is 18.4 Å². The maximum absolute atomic E-state index is 13.4. The molecule has 2 rings (SSSR count). The van der Waals surface area contributed by atoms with Crippen molar-refractivity contribution >= 4 is 41.3 Å². The summed E-state index contributed by atoms with van der Waals surface area (Å²) in [4.78, 5) is 76.6. The molecule has 0 aromatic heterocycles. The van der Waals surface area contributed by atoms with Crippen LogP contribution in [0.15, 0.2) is 24.3 Å². The van der Waals surface area contributed by atoms with Crippen LogP contribution in [-0.4, -0.2) is 65.6 Å². The average Bonchev–Trinajstić information content (AvgIpc) is 3.26. The summed E-state index contributed by atoms with van der Waals surface area (Å²) < 4.78 is 0. The number of carbonyl (C=O) groups is 6. The predicted octanol–water partition coefficient (Wildman–Crippen LogP) is 3.49. The van der Waals surface area contributed by atoms with E-state index >= 15 is 0 Å². The molecule has 2 unspecified atom stereocenters. The van der Waals surface area contributed by atoms with Gasteiger partial charge < -0.3 is 27.0 Å². The fraction of sp³-hybridized carbons (Fsp3) is 0.647. The van der Waals surface area contributed by atoms with E-state index in [0.29, 0.717) is 43.8 Å². The van der Waals surface area contributed by atoms with E-state index in [0.717, 1.165) is 12.0 Å². The Labute approximate surface area is 273 Å². The van der Waals surface area contributed by atoms with Crippen LogP contribution in [0.3, 0.4) is 0 Å². The van der Waals surface area contributed by atoms with Gasteiger partial charge in [-0.2, -0.15) is 0 Å². The summed E-state index contributed by atoms with van der Waals surface area (Å²) in [5.74, 6) is -1.32. The Hall–Kier alpha value is -3.96. The van der Waals surface area contributed by atoms with Gasteiger partial charge in [0.05, 0.1) is 0 Å². The third kappa shape index (κ3) is 12.8. The fourth-order valence-corrected chi connectivity index (χ4v) is 5.45. The van der Waals surface area contributed by atoms with Crippen molar-refractivity contribution in [3.63, 3.8) is 0 Å². The molecule has 7 amide bonds. The first-order chi connectivity index (χ1) is 21.7. The van der Waals surface area contributed by atoms with Gasteiger partial charge in [-0.3, -0.25) is 28.9 Å². The Morgan fingerprint density at radius 3 is 2.13 bits per heavy atom. The molecule has 46 heavy (non-hydrogen) atoms. The number of nitrogens with two attached hydrogens (primary N) is 1. The first kappa shape index (κ1) is 38.2. The van der Waals surface area contributed by atoms with Gasteiger partial charge >= 0.3 is 6.03 Å². The maximum Gasteiger partial charge on any atom is 0.312 e. The molecule has 1 fully saturated rings. The second-order valence-corrected chi connectivity index (χ2v) is 13.3. The molecular weight excluding hydrogens is 588 g/mol. The van der Waals surface area contributed by atoms with Crippen molar-refractivity contribution in [2.45, 2.75) is 105 Å². The number of imide groups is 1. The number of unbranched alkanes of at least 4 members (excludes halogenated alkanes) is 2. The van der Waals surface area contributed by atoms with Crippen LogP contribution in [0.2, 0.25) is 0 Å². The van der Waals surface area contributed by atoms with E-state index in [9.17, 15) is 28.8 Å². The monoisotopic (exact) mass is 642 g/mol. The SMILES string of the molecule is CC(C)Cc1ccc(NC(=O)[C@H](CCCNC(N)=O)NC(=O)C(NC(=O)CCCCCN2C(=O)CC(C(C)C)C2=O)C(C)C)cc1. The van der Waals surface area contributed by atoms with Crippen molar-refractivity contribution in [1.82, 2.24) is 20.9 Å². The zero-order valence-corrected chi connectivity index (χ0v) is 28.3. The number of carbonyl (C=O) groups excluding carboxylic acids is 6. The van der Waals surface area contributed by atoms with Gasteiger partial charge in [-0.25, -0.2) is 4.79 Å². The van der Waals surface area contributed by atoms with E-state index in [2.05, 4.69) is 35.1 Å². The van der Waals surface area contributed by atoms with Gasteiger partial charge in [0.15, 0.2) is 0 Å². The minimum atomic E-state index is -0.915. The molecule has 1 aromatic carbocycles. The van der Waals surface area contributed by atoms with Gasteiger partial charge in [-0.15, -0.1) is 0 Å². The standard InChI is InChI=1S/C34H54N6O6/c1-21(2)19-24-13-15-25(16-14-24)37-31(43)27(11-10-17-36-34(35)46)38-32(44)30(23(5)6)39-28(41)12-8-7-9-18-40-29(42)20-26(22(3)4)33(40)45/h13-16,21-23,26-27,30H,7-12,17-20H2,1-6H3,(H,37,43)(H,38,44)(H,39,41)(H3,35,36,46)/t26?,27-,30?/m0/s1. The largest absolute Gasteiger partial charge is 0.352 e. The number of nitrogens with zero attached hydrogens (tertiary/aromatic N) is 1. The molecule has 6 N–H and O–H groups in total. The highest BCUT2D eigenvalue weighted by Crippen LogP contribution is 2.26. The van der Waals surface area contributed by atoms with Gasteiger partial charge in [0.2, 0.25) is 29.5 Å². The summed E-state index contributed by atoms with van der Waals surface area (Å²) in [5, 5.41) is 11.0. The Balaban J connectivity index is 1.93. The fourth-order valence-electron chi connectivity index (χ4n) is 5.45. The number of urea groups is 1. The minimum absolute atomic E-state index is 0.112. The Morgan fingerprint density at radius 2 is 1.57 bits per heavy atom. The summed E-state index contributed by atoms with van der Waals surface area (Å²) in [5.41, 5.74) is 6.90. The smallest absolute Gasteiger partial charge is 0.312 e. The molecule has 256 valence electrons. The number of anilines is 1. The molecule has 1 heterocycles. The maximum atomic E-state index is 13.4. The predicted molar refractivity (Wildman–Crippen MR) is 177 cm³/mol. The van der Waals surface area contributed by atoms with Gasteiger partial charge in [0.1, 0.15) is 12.1 Å². The van der Waals surface area contributed by atoms with Gasteiger partial charge in [-0.05, 0) is 67.6 Å². The lowest BCUT2D eigenvalue weighted by molar-refractivity contribution is -0.140. The zero-order chi connectivity index (χ0) is 34.4. The van der Waals surface area contributed by atoms with Crippen molar-refractivity contribution in [3.8, 4) is 0 Å². The molecule has 0 bridgehead atoms. The zero-order valence-electron chi connectivity index (χ0n) is 28.3. The van der Waals surface area contributed by atoms with Crippen LogP contribution in [-0.2, 0) is 30.4 Å². The third-order valence-electron chi connectivity index (χ3n) is 8.10. The Morgan fingerprint density at radius 1 is 0.891 bits per heavy atom. The molecule has 0 saturated carbocycles. The highest BCUT2D eigenvalue weighted by Gasteiger charge is 2.39. The molecule has 1 saturated heterocycles. The quantitative estimate of drug-likeness (QED) is 0.114. The van der Waals surface area contributed by atoms with Crippen LogP contribution in [0.4, 0.5) is 10.5 Å². The number of primary amides is 1. The van der Waals surface area contributed by atoms with Crippen LogP contribution in [0.5, 0.6) is 0 Å². The lowest BCUT2D eigenvalue weighted by atomic mass is 9.94. The molecule has 1 aromatic rings. The van der Waals surface area contributed by atoms with Crippen molar-refractivity contribution < 1.29 is 28.8 Å². The normalized spacial score (nSPS) is 16.1. The van der Waals surface area contributed by atoms with Crippen LogP contribution in [0, 0.1) is 23.7 Å². The second-order valence-electron chi connectivity index (χ2n) is 13.3. The van der Waals surface area contributed by atoms with E-state index in [1.165, 1.54) is 4.90 Å². The highest BCUT2D eigenvalue weighted by atomic mass is 16.2. The highest BCUT2D eigenvalue weighted by molar-refractivity contribution is 6.03. The number of hydrogen-bond acceptors (Lipinski definition) is 6. The van der Waals surface area contributed by atoms with Gasteiger partial charge in [0.25, 0.3) is 0 Å². The second kappa shape index (κ2) is 18.9. The summed E-state index contributed by atoms with van der Waals surface area (Å²) >= 11 is 0. The summed E-state index contributed by atoms with van der Waals surface area (Å²) in [6, 6.07) is 5.10. The van der Waals surface area contributed by atoms with Crippen LogP contribution in [0.1, 0.15) is 92.1 Å². The number of benzene rings is 1. The first-order valence-electron chi connectivity index (χ1n) is 16.6.